The molecular formula is C28H32IN3O4S. The Morgan fingerprint density at radius 3 is 2.19 bits per heavy atom. The van der Waals surface area contributed by atoms with Crippen molar-refractivity contribution >= 4 is 50.1 Å². The summed E-state index contributed by atoms with van der Waals surface area (Å²) in [5.41, 5.74) is 3.18. The minimum absolute atomic E-state index is 0.166. The molecular weight excluding hydrogens is 601 g/mol. The monoisotopic (exact) mass is 633 g/mol. The first kappa shape index (κ1) is 28.6. The number of likely N-dealkylation sites (N-methyl/N-ethyl adjacent to an activating group) is 1. The number of nitrogens with zero attached hydrogens (tertiary/aromatic N) is 2. The van der Waals surface area contributed by atoms with Crippen molar-refractivity contribution in [3.05, 3.63) is 99.1 Å². The molecule has 0 heterocycles. The van der Waals surface area contributed by atoms with Gasteiger partial charge in [0.2, 0.25) is 21.8 Å². The average Bonchev–Trinajstić information content (AvgIpc) is 2.85. The fraction of sp³-hybridized carbons (Fsp3) is 0.286. The van der Waals surface area contributed by atoms with Crippen LogP contribution < -0.4 is 9.62 Å². The van der Waals surface area contributed by atoms with Crippen LogP contribution in [0.3, 0.4) is 0 Å². The average molecular weight is 634 g/mol. The highest BCUT2D eigenvalue weighted by Gasteiger charge is 2.32. The van der Waals surface area contributed by atoms with E-state index in [9.17, 15) is 18.0 Å². The molecule has 37 heavy (non-hydrogen) atoms. The number of halogens is 1. The smallest absolute Gasteiger partial charge is 0.244 e. The van der Waals surface area contributed by atoms with Gasteiger partial charge >= 0.3 is 0 Å². The Balaban J connectivity index is 2.03. The van der Waals surface area contributed by atoms with Gasteiger partial charge in [-0.3, -0.25) is 13.9 Å². The van der Waals surface area contributed by atoms with Crippen molar-refractivity contribution in [3.8, 4) is 0 Å². The SMILES string of the molecule is CCNC(=O)C(Cc1ccccc1)N(Cc1cccc(C)c1)C(=O)CN(c1ccc(I)cc1)S(C)(=O)=O. The number of hydrogen-bond acceptors (Lipinski definition) is 4. The van der Waals surface area contributed by atoms with Gasteiger partial charge in [0.15, 0.2) is 0 Å². The quantitative estimate of drug-likeness (QED) is 0.322. The van der Waals surface area contributed by atoms with E-state index in [0.29, 0.717) is 18.7 Å². The molecule has 0 fully saturated rings. The van der Waals surface area contributed by atoms with Gasteiger partial charge in [-0.05, 0) is 71.8 Å². The fourth-order valence-electron chi connectivity index (χ4n) is 4.07. The van der Waals surface area contributed by atoms with Crippen LogP contribution in [-0.4, -0.2) is 50.5 Å². The highest BCUT2D eigenvalue weighted by molar-refractivity contribution is 14.1. The number of rotatable bonds is 11. The summed E-state index contributed by atoms with van der Waals surface area (Å²) in [6.45, 7) is 3.94. The topological polar surface area (TPSA) is 86.8 Å². The van der Waals surface area contributed by atoms with Crippen LogP contribution in [0.2, 0.25) is 0 Å². The van der Waals surface area contributed by atoms with E-state index in [-0.39, 0.29) is 12.5 Å². The molecule has 0 saturated carbocycles. The van der Waals surface area contributed by atoms with Crippen molar-refractivity contribution in [3.63, 3.8) is 0 Å². The van der Waals surface area contributed by atoms with Crippen LogP contribution in [0.15, 0.2) is 78.9 Å². The lowest BCUT2D eigenvalue weighted by Gasteiger charge is -2.33. The number of amides is 2. The Hall–Kier alpha value is -2.92. The van der Waals surface area contributed by atoms with Gasteiger partial charge in [-0.2, -0.15) is 0 Å². The number of sulfonamides is 1. The van der Waals surface area contributed by atoms with Crippen LogP contribution in [0, 0.1) is 10.5 Å². The summed E-state index contributed by atoms with van der Waals surface area (Å²) in [6, 6.07) is 23.3. The zero-order chi connectivity index (χ0) is 27.0. The van der Waals surface area contributed by atoms with E-state index < -0.39 is 28.5 Å². The number of benzene rings is 3. The van der Waals surface area contributed by atoms with Gasteiger partial charge in [0.1, 0.15) is 12.6 Å². The third-order valence-corrected chi connectivity index (χ3v) is 7.71. The first-order valence-electron chi connectivity index (χ1n) is 12.0. The molecule has 1 N–H and O–H groups in total. The summed E-state index contributed by atoms with van der Waals surface area (Å²) in [7, 11) is -3.77. The third-order valence-electron chi connectivity index (χ3n) is 5.85. The van der Waals surface area contributed by atoms with Crippen molar-refractivity contribution in [2.24, 2.45) is 0 Å². The Bertz CT molecular complexity index is 1310. The molecule has 0 bridgehead atoms. The van der Waals surface area contributed by atoms with Crippen LogP contribution in [0.4, 0.5) is 5.69 Å². The molecule has 0 aromatic heterocycles. The van der Waals surface area contributed by atoms with Crippen LogP contribution in [0.1, 0.15) is 23.6 Å². The van der Waals surface area contributed by atoms with Crippen LogP contribution >= 0.6 is 22.6 Å². The van der Waals surface area contributed by atoms with E-state index >= 15 is 0 Å². The molecule has 0 radical (unpaired) electrons. The lowest BCUT2D eigenvalue weighted by atomic mass is 10.0. The van der Waals surface area contributed by atoms with Crippen LogP contribution in [-0.2, 0) is 32.6 Å². The minimum atomic E-state index is -3.77. The van der Waals surface area contributed by atoms with Gasteiger partial charge in [-0.25, -0.2) is 8.42 Å². The summed E-state index contributed by atoms with van der Waals surface area (Å²) >= 11 is 2.14. The molecule has 3 rings (SSSR count). The maximum absolute atomic E-state index is 13.9. The number of carbonyl (C=O) groups excluding carboxylic acids is 2. The first-order chi connectivity index (χ1) is 17.6. The van der Waals surface area contributed by atoms with Gasteiger partial charge in [-0.1, -0.05) is 60.2 Å². The summed E-state index contributed by atoms with van der Waals surface area (Å²) in [5, 5.41) is 2.85. The summed E-state index contributed by atoms with van der Waals surface area (Å²) in [5.74, 6) is -0.745. The molecule has 2 amide bonds. The standard InChI is InChI=1S/C28H32IN3O4S/c1-4-30-28(34)26(18-22-10-6-5-7-11-22)31(19-23-12-8-9-21(2)17-23)27(33)20-32(37(3,35)36)25-15-13-24(29)14-16-25/h5-17,26H,4,18-20H2,1-3H3,(H,30,34). The van der Waals surface area contributed by atoms with Crippen molar-refractivity contribution in [2.45, 2.75) is 32.9 Å². The molecule has 0 spiro atoms. The molecule has 1 atom stereocenters. The van der Waals surface area contributed by atoms with Gasteiger partial charge in [-0.15, -0.1) is 0 Å². The molecule has 3 aromatic rings. The van der Waals surface area contributed by atoms with Gasteiger partial charge in [0.05, 0.1) is 11.9 Å². The number of aryl methyl sites for hydroxylation is 1. The summed E-state index contributed by atoms with van der Waals surface area (Å²) < 4.78 is 27.5. The lowest BCUT2D eigenvalue weighted by Crippen LogP contribution is -2.53. The normalized spacial score (nSPS) is 12.0. The fourth-order valence-corrected chi connectivity index (χ4v) is 5.28. The van der Waals surface area contributed by atoms with E-state index in [2.05, 4.69) is 27.9 Å². The summed E-state index contributed by atoms with van der Waals surface area (Å²) in [6.07, 6.45) is 1.38. The molecule has 0 saturated heterocycles. The van der Waals surface area contributed by atoms with Crippen molar-refractivity contribution in [2.75, 3.05) is 23.7 Å². The summed E-state index contributed by atoms with van der Waals surface area (Å²) in [4.78, 5) is 28.7. The number of hydrogen-bond donors (Lipinski definition) is 1. The van der Waals surface area contributed by atoms with Crippen molar-refractivity contribution < 1.29 is 18.0 Å². The predicted octanol–water partition coefficient (Wildman–Crippen LogP) is 4.14. The molecule has 0 aliphatic carbocycles. The zero-order valence-electron chi connectivity index (χ0n) is 21.2. The molecule has 196 valence electrons. The lowest BCUT2D eigenvalue weighted by molar-refractivity contribution is -0.140. The molecule has 1 unspecified atom stereocenters. The molecule has 3 aromatic carbocycles. The molecule has 7 nitrogen and oxygen atoms in total. The van der Waals surface area contributed by atoms with Crippen molar-refractivity contribution in [1.82, 2.24) is 10.2 Å². The Labute approximate surface area is 233 Å². The van der Waals surface area contributed by atoms with E-state index in [4.69, 9.17) is 0 Å². The second-order valence-corrected chi connectivity index (χ2v) is 12.0. The minimum Gasteiger partial charge on any atom is -0.355 e. The second kappa shape index (κ2) is 13.0. The highest BCUT2D eigenvalue weighted by atomic mass is 127. The Morgan fingerprint density at radius 2 is 1.59 bits per heavy atom. The van der Waals surface area contributed by atoms with E-state index in [0.717, 1.165) is 30.8 Å². The molecule has 0 aliphatic heterocycles. The van der Waals surface area contributed by atoms with Crippen LogP contribution in [0.25, 0.3) is 0 Å². The number of nitrogens with one attached hydrogen (secondary N) is 1. The van der Waals surface area contributed by atoms with Crippen molar-refractivity contribution in [1.29, 1.82) is 0 Å². The number of anilines is 1. The Kier molecular flexibility index (Phi) is 10.1. The number of carbonyl (C=O) groups is 2. The second-order valence-electron chi connectivity index (χ2n) is 8.86. The van der Waals surface area contributed by atoms with Gasteiger partial charge in [0.25, 0.3) is 0 Å². The van der Waals surface area contributed by atoms with Crippen LogP contribution in [0.5, 0.6) is 0 Å². The first-order valence-corrected chi connectivity index (χ1v) is 14.9. The third kappa shape index (κ3) is 8.29. The van der Waals surface area contributed by atoms with E-state index in [1.165, 1.54) is 4.90 Å². The highest BCUT2D eigenvalue weighted by Crippen LogP contribution is 2.21. The Morgan fingerprint density at radius 1 is 0.946 bits per heavy atom. The van der Waals surface area contributed by atoms with Gasteiger partial charge < -0.3 is 10.2 Å². The molecule has 0 aliphatic rings. The predicted molar refractivity (Wildman–Crippen MR) is 156 cm³/mol. The van der Waals surface area contributed by atoms with Gasteiger partial charge in [0, 0.05) is 23.1 Å². The van der Waals surface area contributed by atoms with E-state index in [1.54, 1.807) is 24.3 Å². The maximum atomic E-state index is 13.9. The molecule has 9 heteroatoms. The zero-order valence-corrected chi connectivity index (χ0v) is 24.2. The maximum Gasteiger partial charge on any atom is 0.244 e. The largest absolute Gasteiger partial charge is 0.355 e. The van der Waals surface area contributed by atoms with E-state index in [1.807, 2.05) is 68.4 Å².